The van der Waals surface area contributed by atoms with Crippen molar-refractivity contribution in [3.63, 3.8) is 0 Å². The fourth-order valence-electron chi connectivity index (χ4n) is 2.67. The van der Waals surface area contributed by atoms with Gasteiger partial charge in [0.05, 0.1) is 6.10 Å². The lowest BCUT2D eigenvalue weighted by atomic mass is 9.94. The molecule has 1 aliphatic carbocycles. The van der Waals surface area contributed by atoms with Crippen molar-refractivity contribution in [3.05, 3.63) is 35.6 Å². The first kappa shape index (κ1) is 11.6. The van der Waals surface area contributed by atoms with Crippen LogP contribution in [0.4, 0.5) is 4.39 Å². The maximum Gasteiger partial charge on any atom is 0.123 e. The SMILES string of the molecule is CC1CCC(C(O)Cc2cccc(F)c2)C1. The van der Waals surface area contributed by atoms with E-state index < -0.39 is 0 Å². The van der Waals surface area contributed by atoms with Crippen molar-refractivity contribution in [1.82, 2.24) is 0 Å². The number of hydrogen-bond donors (Lipinski definition) is 1. The molecule has 0 aromatic heterocycles. The van der Waals surface area contributed by atoms with Crippen molar-refractivity contribution in [2.24, 2.45) is 11.8 Å². The number of aliphatic hydroxyl groups excluding tert-OH is 1. The van der Waals surface area contributed by atoms with Gasteiger partial charge in [0.15, 0.2) is 0 Å². The molecule has 1 fully saturated rings. The molecule has 3 unspecified atom stereocenters. The Balaban J connectivity index is 1.94. The highest BCUT2D eigenvalue weighted by Gasteiger charge is 2.27. The third-order valence-corrected chi connectivity index (χ3v) is 3.61. The summed E-state index contributed by atoms with van der Waals surface area (Å²) in [6.45, 7) is 2.23. The molecule has 1 N–H and O–H groups in total. The molecule has 3 atom stereocenters. The molecule has 2 heteroatoms. The summed E-state index contributed by atoms with van der Waals surface area (Å²) >= 11 is 0. The third kappa shape index (κ3) is 2.82. The molecule has 0 spiro atoms. The maximum absolute atomic E-state index is 13.0. The van der Waals surface area contributed by atoms with Gasteiger partial charge in [-0.05, 0) is 48.8 Å². The highest BCUT2D eigenvalue weighted by molar-refractivity contribution is 5.17. The molecule has 1 aliphatic rings. The lowest BCUT2D eigenvalue weighted by Crippen LogP contribution is -2.20. The summed E-state index contributed by atoms with van der Waals surface area (Å²) in [5.41, 5.74) is 0.895. The van der Waals surface area contributed by atoms with Gasteiger partial charge < -0.3 is 5.11 Å². The van der Waals surface area contributed by atoms with Gasteiger partial charge >= 0.3 is 0 Å². The van der Waals surface area contributed by atoms with Crippen LogP contribution in [0.3, 0.4) is 0 Å². The van der Waals surface area contributed by atoms with Gasteiger partial charge in [-0.1, -0.05) is 25.5 Å². The van der Waals surface area contributed by atoms with Crippen LogP contribution in [-0.4, -0.2) is 11.2 Å². The first-order valence-electron chi connectivity index (χ1n) is 6.07. The second-order valence-electron chi connectivity index (χ2n) is 5.08. The second-order valence-corrected chi connectivity index (χ2v) is 5.08. The van der Waals surface area contributed by atoms with Crippen molar-refractivity contribution in [1.29, 1.82) is 0 Å². The van der Waals surface area contributed by atoms with Crippen LogP contribution in [0.5, 0.6) is 0 Å². The van der Waals surface area contributed by atoms with E-state index in [4.69, 9.17) is 0 Å². The highest BCUT2D eigenvalue weighted by Crippen LogP contribution is 2.33. The fraction of sp³-hybridized carbons (Fsp3) is 0.571. The molecule has 0 radical (unpaired) electrons. The fourth-order valence-corrected chi connectivity index (χ4v) is 2.67. The summed E-state index contributed by atoms with van der Waals surface area (Å²) in [6, 6.07) is 6.54. The number of hydrogen-bond acceptors (Lipinski definition) is 1. The lowest BCUT2D eigenvalue weighted by Gasteiger charge is -2.18. The van der Waals surface area contributed by atoms with Crippen LogP contribution in [0.1, 0.15) is 31.7 Å². The first-order chi connectivity index (χ1) is 7.65. The van der Waals surface area contributed by atoms with Crippen LogP contribution in [-0.2, 0) is 6.42 Å². The first-order valence-corrected chi connectivity index (χ1v) is 6.07. The standard InChI is InChI=1S/C14H19FO/c1-10-5-6-12(7-10)14(16)9-11-3-2-4-13(15)8-11/h2-4,8,10,12,14,16H,5-7,9H2,1H3. The molecule has 1 aromatic carbocycles. The van der Waals surface area contributed by atoms with E-state index in [-0.39, 0.29) is 11.9 Å². The van der Waals surface area contributed by atoms with Crippen LogP contribution < -0.4 is 0 Å². The van der Waals surface area contributed by atoms with Crippen molar-refractivity contribution in [2.45, 2.75) is 38.7 Å². The second kappa shape index (κ2) is 4.96. The highest BCUT2D eigenvalue weighted by atomic mass is 19.1. The van der Waals surface area contributed by atoms with E-state index in [0.29, 0.717) is 12.3 Å². The Kier molecular flexibility index (Phi) is 3.59. The molecule has 2 rings (SSSR count). The van der Waals surface area contributed by atoms with E-state index in [1.807, 2.05) is 6.07 Å². The minimum Gasteiger partial charge on any atom is -0.392 e. The van der Waals surface area contributed by atoms with Crippen molar-refractivity contribution >= 4 is 0 Å². The predicted molar refractivity (Wildman–Crippen MR) is 62.6 cm³/mol. The average Bonchev–Trinajstić information content (AvgIpc) is 2.65. The molecule has 0 amide bonds. The molecular weight excluding hydrogens is 203 g/mol. The molecule has 16 heavy (non-hydrogen) atoms. The molecule has 88 valence electrons. The minimum atomic E-state index is -0.313. The summed E-state index contributed by atoms with van der Waals surface area (Å²) < 4.78 is 13.0. The Bertz CT molecular complexity index is 350. The largest absolute Gasteiger partial charge is 0.392 e. The van der Waals surface area contributed by atoms with Gasteiger partial charge in [0.2, 0.25) is 0 Å². The molecular formula is C14H19FO. The Hall–Kier alpha value is -0.890. The lowest BCUT2D eigenvalue weighted by molar-refractivity contribution is 0.109. The number of halogens is 1. The summed E-state index contributed by atoms with van der Waals surface area (Å²) in [7, 11) is 0. The Morgan fingerprint density at radius 3 is 2.88 bits per heavy atom. The van der Waals surface area contributed by atoms with E-state index in [1.54, 1.807) is 6.07 Å². The smallest absolute Gasteiger partial charge is 0.123 e. The summed E-state index contributed by atoms with van der Waals surface area (Å²) in [4.78, 5) is 0. The Morgan fingerprint density at radius 2 is 2.25 bits per heavy atom. The summed E-state index contributed by atoms with van der Waals surface area (Å²) in [6.07, 6.45) is 3.69. The quantitative estimate of drug-likeness (QED) is 0.833. The molecule has 0 heterocycles. The zero-order valence-corrected chi connectivity index (χ0v) is 9.70. The van der Waals surface area contributed by atoms with E-state index in [9.17, 15) is 9.50 Å². The topological polar surface area (TPSA) is 20.2 Å². The van der Waals surface area contributed by atoms with E-state index in [2.05, 4.69) is 6.92 Å². The van der Waals surface area contributed by atoms with Crippen molar-refractivity contribution in [2.75, 3.05) is 0 Å². The van der Waals surface area contributed by atoms with Crippen LogP contribution in [0.25, 0.3) is 0 Å². The van der Waals surface area contributed by atoms with Gasteiger partial charge in [-0.15, -0.1) is 0 Å². The van der Waals surface area contributed by atoms with Gasteiger partial charge in [0, 0.05) is 0 Å². The zero-order chi connectivity index (χ0) is 11.5. The van der Waals surface area contributed by atoms with Crippen LogP contribution >= 0.6 is 0 Å². The molecule has 1 saturated carbocycles. The van der Waals surface area contributed by atoms with Gasteiger partial charge in [0.25, 0.3) is 0 Å². The van der Waals surface area contributed by atoms with Crippen molar-refractivity contribution < 1.29 is 9.50 Å². The van der Waals surface area contributed by atoms with Gasteiger partial charge in [-0.2, -0.15) is 0 Å². The predicted octanol–water partition coefficient (Wildman–Crippen LogP) is 3.17. The third-order valence-electron chi connectivity index (χ3n) is 3.61. The van der Waals surface area contributed by atoms with Crippen LogP contribution in [0, 0.1) is 17.7 Å². The molecule has 0 saturated heterocycles. The van der Waals surface area contributed by atoms with Gasteiger partial charge in [-0.25, -0.2) is 4.39 Å². The van der Waals surface area contributed by atoms with Crippen LogP contribution in [0.15, 0.2) is 24.3 Å². The zero-order valence-electron chi connectivity index (χ0n) is 9.70. The van der Waals surface area contributed by atoms with E-state index >= 15 is 0 Å². The molecule has 1 nitrogen and oxygen atoms in total. The molecule has 1 aromatic rings. The van der Waals surface area contributed by atoms with E-state index in [1.165, 1.54) is 18.6 Å². The summed E-state index contributed by atoms with van der Waals surface area (Å²) in [5, 5.41) is 10.1. The van der Waals surface area contributed by atoms with Crippen molar-refractivity contribution in [3.8, 4) is 0 Å². The molecule has 0 bridgehead atoms. The Morgan fingerprint density at radius 1 is 1.44 bits per heavy atom. The van der Waals surface area contributed by atoms with E-state index in [0.717, 1.165) is 24.3 Å². The van der Waals surface area contributed by atoms with Gasteiger partial charge in [0.1, 0.15) is 5.82 Å². The monoisotopic (exact) mass is 222 g/mol. The maximum atomic E-state index is 13.0. The average molecular weight is 222 g/mol. The normalized spacial score (nSPS) is 26.9. The minimum absolute atomic E-state index is 0.218. The number of aliphatic hydroxyl groups is 1. The molecule has 0 aliphatic heterocycles. The van der Waals surface area contributed by atoms with Gasteiger partial charge in [-0.3, -0.25) is 0 Å². The van der Waals surface area contributed by atoms with Crippen LogP contribution in [0.2, 0.25) is 0 Å². The number of rotatable bonds is 3. The number of benzene rings is 1. The summed E-state index contributed by atoms with van der Waals surface area (Å²) in [5.74, 6) is 0.912. The Labute approximate surface area is 96.3 Å².